The minimum absolute atomic E-state index is 0.0923. The first kappa shape index (κ1) is 35.5. The molecular weight excluding hydrogens is 600 g/mol. The van der Waals surface area contributed by atoms with Gasteiger partial charge < -0.3 is 10.4 Å². The van der Waals surface area contributed by atoms with Gasteiger partial charge in [-0.15, -0.1) is 0 Å². The van der Waals surface area contributed by atoms with Crippen LogP contribution >= 0.6 is 0 Å². The predicted molar refractivity (Wildman–Crippen MR) is 193 cm³/mol. The zero-order chi connectivity index (χ0) is 35.0. The van der Waals surface area contributed by atoms with Crippen molar-refractivity contribution in [2.45, 2.75) is 142 Å². The number of aryl methyl sites for hydroxylation is 1. The minimum Gasteiger partial charge on any atom is -0.507 e. The van der Waals surface area contributed by atoms with E-state index in [1.54, 1.807) is 14.3 Å². The Hall–Kier alpha value is -3.81. The van der Waals surface area contributed by atoms with Gasteiger partial charge in [0.25, 0.3) is 5.56 Å². The Labute approximate surface area is 286 Å². The van der Waals surface area contributed by atoms with E-state index in [1.807, 2.05) is 56.4 Å². The van der Waals surface area contributed by atoms with E-state index in [9.17, 15) is 19.5 Å². The molecule has 2 aliphatic rings. The van der Waals surface area contributed by atoms with Gasteiger partial charge in [-0.3, -0.25) is 24.0 Å². The lowest BCUT2D eigenvalue weighted by Crippen LogP contribution is -2.64. The van der Waals surface area contributed by atoms with Crippen molar-refractivity contribution in [1.29, 1.82) is 0 Å². The number of phenols is 1. The zero-order valence-corrected chi connectivity index (χ0v) is 30.4. The van der Waals surface area contributed by atoms with E-state index in [4.69, 9.17) is 0 Å². The number of anilines is 1. The summed E-state index contributed by atoms with van der Waals surface area (Å²) in [6, 6.07) is 13.6. The smallest absolute Gasteiger partial charge is 0.295 e. The van der Waals surface area contributed by atoms with Crippen molar-refractivity contribution in [3.8, 4) is 11.4 Å². The van der Waals surface area contributed by atoms with Crippen LogP contribution in [0.3, 0.4) is 0 Å². The van der Waals surface area contributed by atoms with Gasteiger partial charge in [0.15, 0.2) is 0 Å². The van der Waals surface area contributed by atoms with Gasteiger partial charge in [-0.05, 0) is 78.7 Å². The standard InChI is InChI=1S/C40H56N4O4/c1-27-34(36(47)44(42(27)8)30-19-11-9-12-20-30)43(40(23-15-10-16-24-40)37(48)41-29-17-13-14-18-29)33(45)22-21-28-25-31(38(2,3)4)35(46)32(26-28)39(5,6)7/h9,11-12,19-20,25-26,29,46H,10,13-18,21-24H2,1-8H3,(H,41,48). The Balaban J connectivity index is 1.62. The first-order valence-electron chi connectivity index (χ1n) is 17.9. The molecule has 8 heteroatoms. The maximum Gasteiger partial charge on any atom is 0.295 e. The molecular formula is C40H56N4O4. The lowest BCUT2D eigenvalue weighted by atomic mass is 9.77. The molecule has 0 bridgehead atoms. The number of nitrogens with one attached hydrogen (secondary N) is 1. The number of para-hydroxylation sites is 1. The molecule has 2 N–H and O–H groups in total. The van der Waals surface area contributed by atoms with Crippen LogP contribution < -0.4 is 15.8 Å². The van der Waals surface area contributed by atoms with Crippen molar-refractivity contribution < 1.29 is 14.7 Å². The van der Waals surface area contributed by atoms with Crippen LogP contribution in [0.5, 0.6) is 5.75 Å². The Morgan fingerprint density at radius 1 is 0.917 bits per heavy atom. The fourth-order valence-electron chi connectivity index (χ4n) is 7.81. The molecule has 2 aromatic carbocycles. The summed E-state index contributed by atoms with van der Waals surface area (Å²) < 4.78 is 3.39. The van der Waals surface area contributed by atoms with E-state index in [0.29, 0.717) is 36.4 Å². The molecule has 260 valence electrons. The van der Waals surface area contributed by atoms with Gasteiger partial charge in [-0.1, -0.05) is 104 Å². The molecule has 48 heavy (non-hydrogen) atoms. The van der Waals surface area contributed by atoms with Gasteiger partial charge in [0.05, 0.1) is 11.4 Å². The van der Waals surface area contributed by atoms with E-state index in [2.05, 4.69) is 46.9 Å². The van der Waals surface area contributed by atoms with Crippen LogP contribution in [0.15, 0.2) is 47.3 Å². The summed E-state index contributed by atoms with van der Waals surface area (Å²) in [6.07, 6.45) is 8.21. The molecule has 0 radical (unpaired) electrons. The normalized spacial score (nSPS) is 17.0. The van der Waals surface area contributed by atoms with Crippen molar-refractivity contribution in [2.75, 3.05) is 4.90 Å². The summed E-state index contributed by atoms with van der Waals surface area (Å²) in [5.41, 5.74) is 2.22. The van der Waals surface area contributed by atoms with Gasteiger partial charge in [0.1, 0.15) is 17.0 Å². The fourth-order valence-corrected chi connectivity index (χ4v) is 7.81. The summed E-state index contributed by atoms with van der Waals surface area (Å²) in [7, 11) is 1.83. The van der Waals surface area contributed by atoms with Crippen LogP contribution in [0, 0.1) is 6.92 Å². The average molecular weight is 657 g/mol. The third-order valence-corrected chi connectivity index (χ3v) is 10.6. The SMILES string of the molecule is Cc1c(N(C(=O)CCc2cc(C(C)(C)C)c(O)c(C(C)(C)C)c2)C2(C(=O)NC3CCCC3)CCCCC2)c(=O)n(-c2ccccc2)n1C. The molecule has 0 unspecified atom stereocenters. The van der Waals surface area contributed by atoms with Crippen molar-refractivity contribution in [1.82, 2.24) is 14.7 Å². The van der Waals surface area contributed by atoms with Gasteiger partial charge in [-0.25, -0.2) is 4.68 Å². The van der Waals surface area contributed by atoms with E-state index in [1.165, 1.54) is 0 Å². The zero-order valence-electron chi connectivity index (χ0n) is 30.4. The van der Waals surface area contributed by atoms with Crippen LogP contribution in [-0.2, 0) is 33.9 Å². The van der Waals surface area contributed by atoms with Crippen molar-refractivity contribution in [3.63, 3.8) is 0 Å². The van der Waals surface area contributed by atoms with Crippen LogP contribution in [-0.4, -0.2) is 37.9 Å². The van der Waals surface area contributed by atoms with Gasteiger partial charge in [0, 0.05) is 19.5 Å². The van der Waals surface area contributed by atoms with Crippen LogP contribution in [0.4, 0.5) is 5.69 Å². The average Bonchev–Trinajstić information content (AvgIpc) is 3.62. The van der Waals surface area contributed by atoms with Gasteiger partial charge in [0.2, 0.25) is 11.8 Å². The third-order valence-electron chi connectivity index (χ3n) is 10.6. The predicted octanol–water partition coefficient (Wildman–Crippen LogP) is 7.51. The second kappa shape index (κ2) is 13.6. The number of aromatic hydroxyl groups is 1. The van der Waals surface area contributed by atoms with Crippen molar-refractivity contribution in [2.24, 2.45) is 7.05 Å². The van der Waals surface area contributed by atoms with Gasteiger partial charge in [-0.2, -0.15) is 0 Å². The largest absolute Gasteiger partial charge is 0.507 e. The molecule has 0 aliphatic heterocycles. The lowest BCUT2D eigenvalue weighted by Gasteiger charge is -2.45. The molecule has 1 aromatic heterocycles. The summed E-state index contributed by atoms with van der Waals surface area (Å²) in [4.78, 5) is 45.6. The molecule has 0 saturated heterocycles. The van der Waals surface area contributed by atoms with Crippen molar-refractivity contribution >= 4 is 17.5 Å². The highest BCUT2D eigenvalue weighted by atomic mass is 16.3. The van der Waals surface area contributed by atoms with E-state index in [0.717, 1.165) is 61.6 Å². The molecule has 2 aliphatic carbocycles. The number of hydrogen-bond acceptors (Lipinski definition) is 4. The molecule has 3 aromatic rings. The molecule has 8 nitrogen and oxygen atoms in total. The van der Waals surface area contributed by atoms with Gasteiger partial charge >= 0.3 is 0 Å². The number of phenolic OH excluding ortho intramolecular Hbond substituents is 1. The van der Waals surface area contributed by atoms with Crippen molar-refractivity contribution in [3.05, 3.63) is 75.2 Å². The highest BCUT2D eigenvalue weighted by Gasteiger charge is 2.50. The number of nitrogens with zero attached hydrogens (tertiary/aromatic N) is 3. The molecule has 2 saturated carbocycles. The maximum atomic E-state index is 14.9. The summed E-state index contributed by atoms with van der Waals surface area (Å²) in [6.45, 7) is 14.3. The number of rotatable bonds is 8. The fraction of sp³-hybridized carbons (Fsp3) is 0.575. The topological polar surface area (TPSA) is 96.6 Å². The number of benzene rings is 2. The summed E-state index contributed by atoms with van der Waals surface area (Å²) in [5.74, 6) is -0.0592. The molecule has 1 heterocycles. The lowest BCUT2D eigenvalue weighted by molar-refractivity contribution is -0.132. The molecule has 2 amide bonds. The Morgan fingerprint density at radius 3 is 2.02 bits per heavy atom. The van der Waals surface area contributed by atoms with Crippen LogP contribution in [0.1, 0.15) is 128 Å². The summed E-state index contributed by atoms with van der Waals surface area (Å²) in [5, 5.41) is 14.6. The Bertz CT molecular complexity index is 1660. The number of aromatic nitrogens is 2. The highest BCUT2D eigenvalue weighted by Crippen LogP contribution is 2.41. The minimum atomic E-state index is -1.15. The maximum absolute atomic E-state index is 14.9. The Kier molecular flexibility index (Phi) is 10.1. The third kappa shape index (κ3) is 6.85. The van der Waals surface area contributed by atoms with E-state index in [-0.39, 0.29) is 46.4 Å². The highest BCUT2D eigenvalue weighted by molar-refractivity contribution is 6.04. The summed E-state index contributed by atoms with van der Waals surface area (Å²) >= 11 is 0. The first-order chi connectivity index (χ1) is 22.6. The molecule has 0 spiro atoms. The number of amides is 2. The first-order valence-corrected chi connectivity index (χ1v) is 17.9. The van der Waals surface area contributed by atoms with E-state index >= 15 is 0 Å². The second-order valence-corrected chi connectivity index (χ2v) is 16.2. The van der Waals surface area contributed by atoms with E-state index < -0.39 is 5.54 Å². The molecule has 2 fully saturated rings. The van der Waals surface area contributed by atoms with Crippen LogP contribution in [0.2, 0.25) is 0 Å². The second-order valence-electron chi connectivity index (χ2n) is 16.2. The Morgan fingerprint density at radius 2 is 1.48 bits per heavy atom. The number of carbonyl (C=O) groups is 2. The number of carbonyl (C=O) groups excluding carboxylic acids is 2. The molecule has 5 rings (SSSR count). The molecule has 0 atom stereocenters. The quantitative estimate of drug-likeness (QED) is 0.262. The monoisotopic (exact) mass is 656 g/mol. The number of hydrogen-bond donors (Lipinski definition) is 2. The van der Waals surface area contributed by atoms with Crippen LogP contribution in [0.25, 0.3) is 5.69 Å².